The zero-order valence-corrected chi connectivity index (χ0v) is 19.2. The van der Waals surface area contributed by atoms with Gasteiger partial charge >= 0.3 is 0 Å². The van der Waals surface area contributed by atoms with E-state index in [1.165, 1.54) is 5.56 Å². The highest BCUT2D eigenvalue weighted by atomic mass is 127. The van der Waals surface area contributed by atoms with Crippen LogP contribution in [-0.2, 0) is 6.54 Å². The van der Waals surface area contributed by atoms with Gasteiger partial charge in [-0.2, -0.15) is 0 Å². The van der Waals surface area contributed by atoms with Crippen molar-refractivity contribution in [3.63, 3.8) is 0 Å². The molecule has 1 aromatic carbocycles. The number of halogens is 1. The van der Waals surface area contributed by atoms with Crippen LogP contribution in [0.15, 0.2) is 33.7 Å². The summed E-state index contributed by atoms with van der Waals surface area (Å²) >= 11 is 0. The van der Waals surface area contributed by atoms with E-state index >= 15 is 0 Å². The van der Waals surface area contributed by atoms with Crippen molar-refractivity contribution in [2.24, 2.45) is 4.99 Å². The molecule has 1 atom stereocenters. The van der Waals surface area contributed by atoms with Crippen LogP contribution in [0.25, 0.3) is 0 Å². The van der Waals surface area contributed by atoms with Gasteiger partial charge in [0.15, 0.2) is 5.96 Å². The zero-order chi connectivity index (χ0) is 19.1. The van der Waals surface area contributed by atoms with E-state index in [9.17, 15) is 0 Å². The number of likely N-dealkylation sites (N-methyl/N-ethyl adjacent to an activating group) is 1. The minimum atomic E-state index is 0. The number of oxazole rings is 1. The Hall–Kier alpha value is -1.81. The number of aliphatic imine (C=N–C) groups is 1. The molecule has 0 bridgehead atoms. The molecule has 0 aliphatic heterocycles. The highest BCUT2D eigenvalue weighted by Gasteiger charge is 2.15. The normalized spacial score (nSPS) is 12.5. The third kappa shape index (κ3) is 6.69. The minimum Gasteiger partial charge on any atom is -0.497 e. The second kappa shape index (κ2) is 11.1. The third-order valence-corrected chi connectivity index (χ3v) is 4.29. The Morgan fingerprint density at radius 2 is 1.89 bits per heavy atom. The molecule has 0 amide bonds. The molecule has 0 aliphatic rings. The van der Waals surface area contributed by atoms with Crippen LogP contribution in [0.5, 0.6) is 5.75 Å². The highest BCUT2D eigenvalue weighted by Crippen LogP contribution is 2.20. The number of methoxy groups -OCH3 is 1. The molecule has 27 heavy (non-hydrogen) atoms. The van der Waals surface area contributed by atoms with Gasteiger partial charge < -0.3 is 24.7 Å². The molecule has 0 fully saturated rings. The van der Waals surface area contributed by atoms with Gasteiger partial charge in [-0.1, -0.05) is 12.1 Å². The first-order valence-electron chi connectivity index (χ1n) is 8.62. The number of aromatic nitrogens is 1. The zero-order valence-electron chi connectivity index (χ0n) is 16.9. The lowest BCUT2D eigenvalue weighted by Gasteiger charge is -2.26. The van der Waals surface area contributed by atoms with Crippen molar-refractivity contribution in [3.8, 4) is 5.75 Å². The van der Waals surface area contributed by atoms with Gasteiger partial charge in [-0.15, -0.1) is 24.0 Å². The second-order valence-electron chi connectivity index (χ2n) is 6.31. The van der Waals surface area contributed by atoms with Crippen LogP contribution >= 0.6 is 24.0 Å². The van der Waals surface area contributed by atoms with Gasteiger partial charge in [-0.3, -0.25) is 4.99 Å². The van der Waals surface area contributed by atoms with Crippen LogP contribution < -0.4 is 15.4 Å². The summed E-state index contributed by atoms with van der Waals surface area (Å²) in [5, 5.41) is 6.60. The van der Waals surface area contributed by atoms with Crippen molar-refractivity contribution < 1.29 is 9.15 Å². The highest BCUT2D eigenvalue weighted by molar-refractivity contribution is 14.0. The van der Waals surface area contributed by atoms with E-state index < -0.39 is 0 Å². The van der Waals surface area contributed by atoms with Gasteiger partial charge in [0.25, 0.3) is 0 Å². The van der Waals surface area contributed by atoms with Crippen LogP contribution in [0.1, 0.15) is 29.0 Å². The van der Waals surface area contributed by atoms with Crippen LogP contribution in [0, 0.1) is 13.8 Å². The van der Waals surface area contributed by atoms with Crippen molar-refractivity contribution >= 4 is 29.9 Å². The standard InChI is InChI=1S/C19H29N5O2.HI/c1-13-14(2)26-18(23-13)12-22-19(20-3)21-11-17(24(4)5)15-7-9-16(25-6)10-8-15;/h7-10,17H,11-12H2,1-6H3,(H2,20,21,22);1H. The fraction of sp³-hybridized carbons (Fsp3) is 0.474. The third-order valence-electron chi connectivity index (χ3n) is 4.29. The number of guanidine groups is 1. The number of hydrogen-bond donors (Lipinski definition) is 2. The molecule has 1 aromatic heterocycles. The Balaban J connectivity index is 0.00000364. The van der Waals surface area contributed by atoms with Crippen molar-refractivity contribution in [1.82, 2.24) is 20.5 Å². The molecule has 1 unspecified atom stereocenters. The van der Waals surface area contributed by atoms with Gasteiger partial charge in [0.1, 0.15) is 11.5 Å². The second-order valence-corrected chi connectivity index (χ2v) is 6.31. The molecule has 0 radical (unpaired) electrons. The average Bonchev–Trinajstić information content (AvgIpc) is 2.96. The summed E-state index contributed by atoms with van der Waals surface area (Å²) in [7, 11) is 7.54. The van der Waals surface area contributed by atoms with Crippen LogP contribution in [-0.4, -0.2) is 50.6 Å². The Bertz CT molecular complexity index is 709. The number of aryl methyl sites for hydroxylation is 2. The topological polar surface area (TPSA) is 74.9 Å². The molecule has 0 saturated heterocycles. The number of nitrogens with zero attached hydrogens (tertiary/aromatic N) is 3. The number of hydrogen-bond acceptors (Lipinski definition) is 5. The molecule has 8 heteroatoms. The molecule has 7 nitrogen and oxygen atoms in total. The van der Waals surface area contributed by atoms with Crippen molar-refractivity contribution in [3.05, 3.63) is 47.2 Å². The molecule has 1 heterocycles. The summed E-state index contributed by atoms with van der Waals surface area (Å²) in [4.78, 5) is 10.8. The molecular formula is C19H30IN5O2. The fourth-order valence-electron chi connectivity index (χ4n) is 2.61. The van der Waals surface area contributed by atoms with Crippen LogP contribution in [0.2, 0.25) is 0 Å². The lowest BCUT2D eigenvalue weighted by molar-refractivity contribution is 0.297. The smallest absolute Gasteiger partial charge is 0.214 e. The Morgan fingerprint density at radius 3 is 2.37 bits per heavy atom. The van der Waals surface area contributed by atoms with E-state index in [-0.39, 0.29) is 30.0 Å². The first-order chi connectivity index (χ1) is 12.4. The van der Waals surface area contributed by atoms with Gasteiger partial charge in [-0.05, 0) is 45.6 Å². The largest absolute Gasteiger partial charge is 0.497 e. The summed E-state index contributed by atoms with van der Waals surface area (Å²) < 4.78 is 10.8. The lowest BCUT2D eigenvalue weighted by Crippen LogP contribution is -2.41. The maximum absolute atomic E-state index is 5.59. The molecule has 150 valence electrons. The number of ether oxygens (including phenoxy) is 1. The SMILES string of the molecule is CN=C(NCc1nc(C)c(C)o1)NCC(c1ccc(OC)cc1)N(C)C.I. The first kappa shape index (κ1) is 23.2. The van der Waals surface area contributed by atoms with Gasteiger partial charge in [0, 0.05) is 13.6 Å². The quantitative estimate of drug-likeness (QED) is 0.356. The fourth-order valence-corrected chi connectivity index (χ4v) is 2.61. The minimum absolute atomic E-state index is 0. The van der Waals surface area contributed by atoms with E-state index in [4.69, 9.17) is 9.15 Å². The number of rotatable bonds is 7. The van der Waals surface area contributed by atoms with Crippen molar-refractivity contribution in [2.45, 2.75) is 26.4 Å². The molecular weight excluding hydrogens is 457 g/mol. The molecule has 2 rings (SSSR count). The monoisotopic (exact) mass is 487 g/mol. The molecule has 0 spiro atoms. The van der Waals surface area contributed by atoms with E-state index in [2.05, 4.69) is 51.7 Å². The van der Waals surface area contributed by atoms with Gasteiger partial charge in [-0.25, -0.2) is 4.98 Å². The molecule has 0 aliphatic carbocycles. The van der Waals surface area contributed by atoms with E-state index in [1.807, 2.05) is 26.0 Å². The van der Waals surface area contributed by atoms with Crippen molar-refractivity contribution in [2.75, 3.05) is 34.8 Å². The number of benzene rings is 1. The summed E-state index contributed by atoms with van der Waals surface area (Å²) in [5.74, 6) is 3.06. The molecule has 2 aromatic rings. The van der Waals surface area contributed by atoms with Crippen molar-refractivity contribution in [1.29, 1.82) is 0 Å². The Kier molecular flexibility index (Phi) is 9.57. The summed E-state index contributed by atoms with van der Waals surface area (Å²) in [5.41, 5.74) is 2.12. The van der Waals surface area contributed by atoms with Crippen LogP contribution in [0.4, 0.5) is 0 Å². The van der Waals surface area contributed by atoms with Gasteiger partial charge in [0.05, 0.1) is 25.4 Å². The van der Waals surface area contributed by atoms with Crippen LogP contribution in [0.3, 0.4) is 0 Å². The molecule has 0 saturated carbocycles. The first-order valence-corrected chi connectivity index (χ1v) is 8.62. The summed E-state index contributed by atoms with van der Waals surface area (Å²) in [6.07, 6.45) is 0. The Labute approximate surface area is 178 Å². The molecule has 2 N–H and O–H groups in total. The van der Waals surface area contributed by atoms with Gasteiger partial charge in [0.2, 0.25) is 5.89 Å². The number of nitrogens with one attached hydrogen (secondary N) is 2. The van der Waals surface area contributed by atoms with E-state index in [0.29, 0.717) is 24.9 Å². The maximum atomic E-state index is 5.59. The predicted octanol–water partition coefficient (Wildman–Crippen LogP) is 2.89. The lowest BCUT2D eigenvalue weighted by atomic mass is 10.1. The summed E-state index contributed by atoms with van der Waals surface area (Å²) in [6, 6.07) is 8.32. The van der Waals surface area contributed by atoms with E-state index in [1.54, 1.807) is 14.2 Å². The summed E-state index contributed by atoms with van der Waals surface area (Å²) in [6.45, 7) is 5.05. The average molecular weight is 487 g/mol. The van der Waals surface area contributed by atoms with E-state index in [0.717, 1.165) is 17.2 Å². The predicted molar refractivity (Wildman–Crippen MR) is 119 cm³/mol. The maximum Gasteiger partial charge on any atom is 0.214 e. The Morgan fingerprint density at radius 1 is 1.22 bits per heavy atom.